The van der Waals surface area contributed by atoms with Crippen LogP contribution in [0.1, 0.15) is 6.92 Å². The molecule has 174 valence electrons. The van der Waals surface area contributed by atoms with E-state index in [0.717, 1.165) is 11.8 Å². The summed E-state index contributed by atoms with van der Waals surface area (Å²) in [5.41, 5.74) is -0.264. The molecule has 0 spiro atoms. The minimum absolute atomic E-state index is 0.0936. The van der Waals surface area contributed by atoms with Gasteiger partial charge in [-0.05, 0) is 37.3 Å². The Balaban J connectivity index is 1.47. The fourth-order valence-corrected chi connectivity index (χ4v) is 4.86. The Morgan fingerprint density at radius 1 is 1.06 bits per heavy atom. The summed E-state index contributed by atoms with van der Waals surface area (Å²) in [5, 5.41) is 21.2. The molecule has 0 aromatic heterocycles. The molecule has 1 saturated heterocycles. The monoisotopic (exact) mass is 465 g/mol. The Morgan fingerprint density at radius 2 is 1.69 bits per heavy atom. The molecule has 2 aromatic rings. The number of benzene rings is 2. The minimum atomic E-state index is -3.82. The van der Waals surface area contributed by atoms with E-state index in [1.807, 2.05) is 11.8 Å². The predicted octanol–water partition coefficient (Wildman–Crippen LogP) is 1.74. The highest BCUT2D eigenvalue weighted by molar-refractivity contribution is 7.89. The Labute approximate surface area is 187 Å². The SMILES string of the molecule is CCOc1ccc(OCC(O)CN2CCN(S(=O)(=O)c3cccc([N+](=O)[O-])c3)CC2)cc1. The van der Waals surface area contributed by atoms with Gasteiger partial charge in [0.1, 0.15) is 24.2 Å². The number of nitro groups is 1. The van der Waals surface area contributed by atoms with Gasteiger partial charge in [0.05, 0.1) is 16.4 Å². The number of aliphatic hydroxyl groups is 1. The molecule has 3 rings (SSSR count). The first-order chi connectivity index (χ1) is 15.3. The molecule has 11 heteroatoms. The molecule has 1 unspecified atom stereocenters. The molecule has 0 amide bonds. The Morgan fingerprint density at radius 3 is 2.28 bits per heavy atom. The molecule has 0 radical (unpaired) electrons. The molecule has 2 aromatic carbocycles. The van der Waals surface area contributed by atoms with Crippen molar-refractivity contribution in [1.82, 2.24) is 9.21 Å². The van der Waals surface area contributed by atoms with E-state index in [1.165, 1.54) is 22.5 Å². The zero-order valence-electron chi connectivity index (χ0n) is 17.8. The van der Waals surface area contributed by atoms with Gasteiger partial charge in [-0.2, -0.15) is 4.31 Å². The van der Waals surface area contributed by atoms with Crippen LogP contribution in [0.15, 0.2) is 53.4 Å². The van der Waals surface area contributed by atoms with Gasteiger partial charge in [0.2, 0.25) is 10.0 Å². The number of sulfonamides is 1. The fourth-order valence-electron chi connectivity index (χ4n) is 3.40. The minimum Gasteiger partial charge on any atom is -0.494 e. The zero-order valence-corrected chi connectivity index (χ0v) is 18.6. The summed E-state index contributed by atoms with van der Waals surface area (Å²) in [7, 11) is -3.82. The van der Waals surface area contributed by atoms with Crippen LogP contribution in [0.25, 0.3) is 0 Å². The number of non-ortho nitro benzene ring substituents is 1. The van der Waals surface area contributed by atoms with Gasteiger partial charge in [-0.25, -0.2) is 8.42 Å². The van der Waals surface area contributed by atoms with Crippen molar-refractivity contribution in [2.24, 2.45) is 0 Å². The molecular formula is C21H27N3O7S. The van der Waals surface area contributed by atoms with E-state index in [1.54, 1.807) is 24.3 Å². The lowest BCUT2D eigenvalue weighted by Gasteiger charge is -2.34. The Hall–Kier alpha value is -2.73. The molecule has 32 heavy (non-hydrogen) atoms. The van der Waals surface area contributed by atoms with Crippen LogP contribution in [0.5, 0.6) is 11.5 Å². The second kappa shape index (κ2) is 10.7. The van der Waals surface area contributed by atoms with Gasteiger partial charge in [-0.3, -0.25) is 15.0 Å². The van der Waals surface area contributed by atoms with Crippen molar-refractivity contribution in [3.63, 3.8) is 0 Å². The third kappa shape index (κ3) is 6.16. The molecule has 1 N–H and O–H groups in total. The quantitative estimate of drug-likeness (QED) is 0.416. The summed E-state index contributed by atoms with van der Waals surface area (Å²) in [6, 6.07) is 12.2. The number of ether oxygens (including phenoxy) is 2. The molecular weight excluding hydrogens is 438 g/mol. The highest BCUT2D eigenvalue weighted by Crippen LogP contribution is 2.22. The molecule has 0 aliphatic carbocycles. The summed E-state index contributed by atoms with van der Waals surface area (Å²) in [6.45, 7) is 4.29. The van der Waals surface area contributed by atoms with Crippen molar-refractivity contribution in [3.8, 4) is 11.5 Å². The van der Waals surface area contributed by atoms with Crippen LogP contribution in [-0.2, 0) is 10.0 Å². The van der Waals surface area contributed by atoms with E-state index in [0.29, 0.717) is 32.0 Å². The van der Waals surface area contributed by atoms with Crippen molar-refractivity contribution in [2.75, 3.05) is 45.9 Å². The smallest absolute Gasteiger partial charge is 0.270 e. The first-order valence-electron chi connectivity index (χ1n) is 10.3. The second-order valence-electron chi connectivity index (χ2n) is 7.33. The fraction of sp³-hybridized carbons (Fsp3) is 0.429. The molecule has 1 fully saturated rings. The number of β-amino-alcohol motifs (C(OH)–C–C–N with tert-alkyl or cyclic N) is 1. The van der Waals surface area contributed by atoms with Crippen molar-refractivity contribution >= 4 is 15.7 Å². The van der Waals surface area contributed by atoms with Gasteiger partial charge in [0, 0.05) is 44.9 Å². The Kier molecular flexibility index (Phi) is 8.02. The van der Waals surface area contributed by atoms with Crippen LogP contribution in [0.3, 0.4) is 0 Å². The van der Waals surface area contributed by atoms with Crippen LogP contribution in [0.2, 0.25) is 0 Å². The van der Waals surface area contributed by atoms with Gasteiger partial charge in [-0.1, -0.05) is 6.07 Å². The number of rotatable bonds is 10. The van der Waals surface area contributed by atoms with E-state index in [-0.39, 0.29) is 30.3 Å². The lowest BCUT2D eigenvalue weighted by Crippen LogP contribution is -2.50. The van der Waals surface area contributed by atoms with Crippen LogP contribution in [0, 0.1) is 10.1 Å². The van der Waals surface area contributed by atoms with Crippen molar-refractivity contribution < 1.29 is 27.9 Å². The molecule has 10 nitrogen and oxygen atoms in total. The van der Waals surface area contributed by atoms with E-state index < -0.39 is 21.1 Å². The van der Waals surface area contributed by atoms with E-state index in [9.17, 15) is 23.6 Å². The number of aliphatic hydroxyl groups excluding tert-OH is 1. The topological polar surface area (TPSA) is 122 Å². The summed E-state index contributed by atoms with van der Waals surface area (Å²) in [4.78, 5) is 12.2. The van der Waals surface area contributed by atoms with Crippen LogP contribution >= 0.6 is 0 Å². The van der Waals surface area contributed by atoms with Gasteiger partial charge in [0.25, 0.3) is 5.69 Å². The predicted molar refractivity (Wildman–Crippen MR) is 117 cm³/mol. The number of nitro benzene ring substituents is 1. The van der Waals surface area contributed by atoms with Gasteiger partial charge < -0.3 is 14.6 Å². The van der Waals surface area contributed by atoms with E-state index in [4.69, 9.17) is 9.47 Å². The first-order valence-corrected chi connectivity index (χ1v) is 11.7. The highest BCUT2D eigenvalue weighted by atomic mass is 32.2. The molecule has 1 atom stereocenters. The second-order valence-corrected chi connectivity index (χ2v) is 9.27. The molecule has 0 saturated carbocycles. The third-order valence-electron chi connectivity index (χ3n) is 5.04. The lowest BCUT2D eigenvalue weighted by molar-refractivity contribution is -0.385. The molecule has 1 heterocycles. The van der Waals surface area contributed by atoms with Crippen molar-refractivity contribution in [3.05, 3.63) is 58.6 Å². The number of nitrogens with zero attached hydrogens (tertiary/aromatic N) is 3. The van der Waals surface area contributed by atoms with Crippen LogP contribution in [0.4, 0.5) is 5.69 Å². The largest absolute Gasteiger partial charge is 0.494 e. The van der Waals surface area contributed by atoms with Gasteiger partial charge in [-0.15, -0.1) is 0 Å². The van der Waals surface area contributed by atoms with Crippen LogP contribution < -0.4 is 9.47 Å². The summed E-state index contributed by atoms with van der Waals surface area (Å²) >= 11 is 0. The standard InChI is InChI=1S/C21H27N3O7S/c1-2-30-19-6-8-20(9-7-19)31-16-18(25)15-22-10-12-23(13-11-22)32(28,29)21-5-3-4-17(14-21)24(26)27/h3-9,14,18,25H,2,10-13,15-16H2,1H3. The van der Waals surface area contributed by atoms with Gasteiger partial charge in [0.15, 0.2) is 0 Å². The van der Waals surface area contributed by atoms with E-state index >= 15 is 0 Å². The Bertz CT molecular complexity index is 1010. The molecule has 1 aliphatic rings. The molecule has 0 bridgehead atoms. The third-order valence-corrected chi connectivity index (χ3v) is 6.94. The highest BCUT2D eigenvalue weighted by Gasteiger charge is 2.30. The molecule has 1 aliphatic heterocycles. The van der Waals surface area contributed by atoms with Crippen molar-refractivity contribution in [1.29, 1.82) is 0 Å². The summed E-state index contributed by atoms with van der Waals surface area (Å²) < 4.78 is 37.9. The first kappa shape index (κ1) is 23.9. The average molecular weight is 466 g/mol. The average Bonchev–Trinajstić information content (AvgIpc) is 2.79. The van der Waals surface area contributed by atoms with Gasteiger partial charge >= 0.3 is 0 Å². The summed E-state index contributed by atoms with van der Waals surface area (Å²) in [6.07, 6.45) is -0.735. The number of hydrogen-bond acceptors (Lipinski definition) is 8. The maximum Gasteiger partial charge on any atom is 0.270 e. The normalized spacial score (nSPS) is 16.4. The zero-order chi connectivity index (χ0) is 23.1. The van der Waals surface area contributed by atoms with Crippen LogP contribution in [-0.4, -0.2) is 79.7 Å². The maximum atomic E-state index is 12.8. The summed E-state index contributed by atoms with van der Waals surface area (Å²) in [5.74, 6) is 1.37. The lowest BCUT2D eigenvalue weighted by atomic mass is 10.3. The maximum absolute atomic E-state index is 12.8. The van der Waals surface area contributed by atoms with E-state index in [2.05, 4.69) is 0 Å². The number of piperazine rings is 1. The number of hydrogen-bond donors (Lipinski definition) is 1. The van der Waals surface area contributed by atoms with Crippen molar-refractivity contribution in [2.45, 2.75) is 17.9 Å².